The van der Waals surface area contributed by atoms with Crippen molar-refractivity contribution in [2.24, 2.45) is 0 Å². The molecule has 0 amide bonds. The van der Waals surface area contributed by atoms with Crippen LogP contribution in [0.5, 0.6) is 0 Å². The maximum atomic E-state index is 13.4. The highest BCUT2D eigenvalue weighted by Gasteiger charge is 2.29. The van der Waals surface area contributed by atoms with Crippen LogP contribution in [-0.2, 0) is 4.74 Å². The molecule has 1 atom stereocenters. The van der Waals surface area contributed by atoms with Crippen molar-refractivity contribution in [3.63, 3.8) is 0 Å². The largest absolute Gasteiger partial charge is 0.465 e. The van der Waals surface area contributed by atoms with Gasteiger partial charge in [0.05, 0.1) is 25.8 Å². The van der Waals surface area contributed by atoms with Crippen LogP contribution < -0.4 is 0 Å². The second-order valence-corrected chi connectivity index (χ2v) is 4.71. The standard InChI is InChI=1S/C13H15FN2O4/c1-20-13(17)11-5-4-10(14)7-12(11)9-3-2-6-15(8-9)16(18)19/h4-5,7,9H,2-3,6,8H2,1H3. The van der Waals surface area contributed by atoms with Gasteiger partial charge in [-0.1, -0.05) is 0 Å². The van der Waals surface area contributed by atoms with Gasteiger partial charge in [-0.3, -0.25) is 0 Å². The number of hydrazine groups is 1. The van der Waals surface area contributed by atoms with Crippen molar-refractivity contribution in [2.75, 3.05) is 20.2 Å². The van der Waals surface area contributed by atoms with Crippen LogP contribution in [0.25, 0.3) is 0 Å². The van der Waals surface area contributed by atoms with E-state index in [1.54, 1.807) is 0 Å². The average Bonchev–Trinajstić information content (AvgIpc) is 2.46. The number of carbonyl (C=O) groups is 1. The molecule has 20 heavy (non-hydrogen) atoms. The lowest BCUT2D eigenvalue weighted by molar-refractivity contribution is -0.658. The fourth-order valence-corrected chi connectivity index (χ4v) is 2.53. The smallest absolute Gasteiger partial charge is 0.338 e. The molecule has 108 valence electrons. The number of methoxy groups -OCH3 is 1. The number of esters is 1. The number of nitrogens with zero attached hydrogens (tertiary/aromatic N) is 2. The highest BCUT2D eigenvalue weighted by atomic mass is 19.1. The molecule has 0 radical (unpaired) electrons. The lowest BCUT2D eigenvalue weighted by Gasteiger charge is -2.28. The lowest BCUT2D eigenvalue weighted by Crippen LogP contribution is -2.38. The molecule has 0 N–H and O–H groups in total. The van der Waals surface area contributed by atoms with Crippen molar-refractivity contribution < 1.29 is 19.0 Å². The first-order chi connectivity index (χ1) is 9.52. The Bertz CT molecular complexity index is 535. The molecule has 7 heteroatoms. The number of ether oxygens (including phenoxy) is 1. The van der Waals surface area contributed by atoms with Crippen LogP contribution in [0.2, 0.25) is 0 Å². The van der Waals surface area contributed by atoms with Gasteiger partial charge < -0.3 is 4.74 Å². The SMILES string of the molecule is COC(=O)c1ccc(F)cc1C1CCCN([N+](=O)[O-])C1. The summed E-state index contributed by atoms with van der Waals surface area (Å²) in [6.45, 7) is 0.535. The predicted octanol–water partition coefficient (Wildman–Crippen LogP) is 1.98. The van der Waals surface area contributed by atoms with Gasteiger partial charge in [0, 0.05) is 5.92 Å². The molecule has 1 saturated heterocycles. The van der Waals surface area contributed by atoms with E-state index in [1.165, 1.54) is 25.3 Å². The normalized spacial score (nSPS) is 18.7. The van der Waals surface area contributed by atoms with Gasteiger partial charge in [-0.05, 0) is 36.6 Å². The summed E-state index contributed by atoms with van der Waals surface area (Å²) in [4.78, 5) is 22.6. The topological polar surface area (TPSA) is 72.7 Å². The third-order valence-electron chi connectivity index (χ3n) is 3.49. The molecule has 0 aliphatic carbocycles. The Morgan fingerprint density at radius 3 is 2.95 bits per heavy atom. The van der Waals surface area contributed by atoms with Crippen LogP contribution in [-0.4, -0.2) is 36.2 Å². The molecule has 1 aliphatic rings. The minimum absolute atomic E-state index is 0.167. The molecule has 1 aromatic rings. The van der Waals surface area contributed by atoms with Gasteiger partial charge in [0.1, 0.15) is 5.82 Å². The van der Waals surface area contributed by atoms with Crippen LogP contribution in [0.15, 0.2) is 18.2 Å². The van der Waals surface area contributed by atoms with Gasteiger partial charge >= 0.3 is 5.97 Å². The molecule has 1 heterocycles. The van der Waals surface area contributed by atoms with E-state index >= 15 is 0 Å². The quantitative estimate of drug-likeness (QED) is 0.481. The second kappa shape index (κ2) is 5.85. The van der Waals surface area contributed by atoms with E-state index in [2.05, 4.69) is 4.74 Å². The molecule has 0 bridgehead atoms. The Morgan fingerprint density at radius 1 is 1.55 bits per heavy atom. The summed E-state index contributed by atoms with van der Waals surface area (Å²) in [5, 5.41) is 11.5. The number of benzene rings is 1. The third-order valence-corrected chi connectivity index (χ3v) is 3.49. The van der Waals surface area contributed by atoms with Crippen molar-refractivity contribution in [2.45, 2.75) is 18.8 Å². The van der Waals surface area contributed by atoms with Gasteiger partial charge in [-0.15, -0.1) is 5.01 Å². The fraction of sp³-hybridized carbons (Fsp3) is 0.462. The molecular formula is C13H15FN2O4. The Hall–Kier alpha value is -2.18. The minimum Gasteiger partial charge on any atom is -0.465 e. The van der Waals surface area contributed by atoms with Gasteiger partial charge in [-0.2, -0.15) is 0 Å². The van der Waals surface area contributed by atoms with E-state index in [1.807, 2.05) is 0 Å². The summed E-state index contributed by atoms with van der Waals surface area (Å²) in [5.41, 5.74) is 0.743. The number of rotatable bonds is 3. The number of carbonyl (C=O) groups excluding carboxylic acids is 1. The Morgan fingerprint density at radius 2 is 2.30 bits per heavy atom. The number of hydrogen-bond acceptors (Lipinski definition) is 4. The van der Waals surface area contributed by atoms with Crippen molar-refractivity contribution in [3.8, 4) is 0 Å². The molecule has 1 aromatic carbocycles. The van der Waals surface area contributed by atoms with Crippen molar-refractivity contribution >= 4 is 5.97 Å². The van der Waals surface area contributed by atoms with E-state index < -0.39 is 16.8 Å². The highest BCUT2D eigenvalue weighted by molar-refractivity contribution is 5.91. The summed E-state index contributed by atoms with van der Waals surface area (Å²) in [6, 6.07) is 3.81. The molecule has 0 spiro atoms. The second-order valence-electron chi connectivity index (χ2n) is 4.71. The Kier molecular flexibility index (Phi) is 4.16. The maximum Gasteiger partial charge on any atom is 0.338 e. The van der Waals surface area contributed by atoms with Crippen LogP contribution in [0.1, 0.15) is 34.7 Å². The molecule has 1 fully saturated rings. The van der Waals surface area contributed by atoms with Gasteiger partial charge in [0.25, 0.3) is 0 Å². The van der Waals surface area contributed by atoms with Gasteiger partial charge in [0.15, 0.2) is 5.03 Å². The molecule has 2 rings (SSSR count). The van der Waals surface area contributed by atoms with Crippen LogP contribution in [0.4, 0.5) is 4.39 Å². The minimum atomic E-state index is -0.557. The van der Waals surface area contributed by atoms with E-state index in [4.69, 9.17) is 0 Å². The first-order valence-electron chi connectivity index (χ1n) is 6.30. The molecule has 6 nitrogen and oxygen atoms in total. The summed E-state index contributed by atoms with van der Waals surface area (Å²) in [5.74, 6) is -1.27. The fourth-order valence-electron chi connectivity index (χ4n) is 2.53. The van der Waals surface area contributed by atoms with Gasteiger partial charge in [-0.25, -0.2) is 19.3 Å². The van der Waals surface area contributed by atoms with E-state index in [9.17, 15) is 19.3 Å². The van der Waals surface area contributed by atoms with Crippen LogP contribution >= 0.6 is 0 Å². The molecule has 0 aromatic heterocycles. The van der Waals surface area contributed by atoms with Crippen molar-refractivity contribution in [3.05, 3.63) is 45.3 Å². The highest BCUT2D eigenvalue weighted by Crippen LogP contribution is 2.30. The summed E-state index contributed by atoms with van der Waals surface area (Å²) < 4.78 is 18.1. The van der Waals surface area contributed by atoms with Crippen LogP contribution in [0, 0.1) is 15.9 Å². The van der Waals surface area contributed by atoms with Crippen LogP contribution in [0.3, 0.4) is 0 Å². The monoisotopic (exact) mass is 282 g/mol. The lowest BCUT2D eigenvalue weighted by atomic mass is 9.88. The maximum absolute atomic E-state index is 13.4. The number of piperidine rings is 1. The molecule has 0 saturated carbocycles. The van der Waals surface area contributed by atoms with E-state index in [0.29, 0.717) is 24.9 Å². The average molecular weight is 282 g/mol. The number of nitro groups is 1. The summed E-state index contributed by atoms with van der Waals surface area (Å²) in [6.07, 6.45) is 1.31. The first kappa shape index (κ1) is 14.2. The zero-order valence-corrected chi connectivity index (χ0v) is 11.0. The molecule has 1 unspecified atom stereocenters. The first-order valence-corrected chi connectivity index (χ1v) is 6.30. The van der Waals surface area contributed by atoms with E-state index in [0.717, 1.165) is 5.01 Å². The van der Waals surface area contributed by atoms with Crippen molar-refractivity contribution in [1.82, 2.24) is 5.01 Å². The molecular weight excluding hydrogens is 267 g/mol. The van der Waals surface area contributed by atoms with E-state index in [-0.39, 0.29) is 18.0 Å². The third kappa shape index (κ3) is 2.87. The number of halogens is 1. The van der Waals surface area contributed by atoms with Crippen molar-refractivity contribution in [1.29, 1.82) is 0 Å². The summed E-state index contributed by atoms with van der Waals surface area (Å²) >= 11 is 0. The number of hydrogen-bond donors (Lipinski definition) is 0. The Balaban J connectivity index is 2.33. The Labute approximate surface area is 115 Å². The molecule has 1 aliphatic heterocycles. The zero-order valence-electron chi connectivity index (χ0n) is 11.0. The van der Waals surface area contributed by atoms with Gasteiger partial charge in [0.2, 0.25) is 0 Å². The summed E-state index contributed by atoms with van der Waals surface area (Å²) in [7, 11) is 1.25. The predicted molar refractivity (Wildman–Crippen MR) is 68.3 cm³/mol. The zero-order chi connectivity index (χ0) is 14.7.